The van der Waals surface area contributed by atoms with Gasteiger partial charge in [0, 0.05) is 4.88 Å². The lowest BCUT2D eigenvalue weighted by Gasteiger charge is -2.18. The minimum Gasteiger partial charge on any atom is -0.309 e. The minimum atomic E-state index is 0.0780. The standard InChI is InChI=1S/C17H23N3OS/c21-16-15-12-7-3-4-8-13(12)22-17(15)19-14(18-16)11-20-9-5-1-2-6-10-20/h1-11H2,(H,18,19,21). The zero-order valence-corrected chi connectivity index (χ0v) is 13.8. The number of hydrogen-bond donors (Lipinski definition) is 1. The third-order valence-electron chi connectivity index (χ3n) is 4.95. The van der Waals surface area contributed by atoms with Crippen LogP contribution in [-0.4, -0.2) is 28.0 Å². The maximum absolute atomic E-state index is 12.5. The molecule has 0 saturated carbocycles. The summed E-state index contributed by atoms with van der Waals surface area (Å²) in [5.74, 6) is 0.845. The molecule has 1 saturated heterocycles. The lowest BCUT2D eigenvalue weighted by atomic mass is 9.97. The maximum atomic E-state index is 12.5. The molecule has 1 aliphatic carbocycles. The predicted octanol–water partition coefficient (Wildman–Crippen LogP) is 3.24. The molecule has 118 valence electrons. The fourth-order valence-electron chi connectivity index (χ4n) is 3.79. The van der Waals surface area contributed by atoms with Crippen LogP contribution in [0.2, 0.25) is 0 Å². The molecule has 0 aromatic carbocycles. The van der Waals surface area contributed by atoms with E-state index < -0.39 is 0 Å². The number of thiophene rings is 1. The highest BCUT2D eigenvalue weighted by atomic mass is 32.1. The molecule has 0 atom stereocenters. The number of likely N-dealkylation sites (tertiary alicyclic amines) is 1. The van der Waals surface area contributed by atoms with Crippen LogP contribution in [0.1, 0.15) is 54.8 Å². The summed E-state index contributed by atoms with van der Waals surface area (Å²) in [6.07, 6.45) is 9.81. The molecular weight excluding hydrogens is 294 g/mol. The quantitative estimate of drug-likeness (QED) is 0.925. The van der Waals surface area contributed by atoms with Gasteiger partial charge in [-0.25, -0.2) is 4.98 Å². The number of aromatic amines is 1. The molecular formula is C17H23N3OS. The van der Waals surface area contributed by atoms with E-state index in [0.29, 0.717) is 0 Å². The molecule has 2 aliphatic rings. The Balaban J connectivity index is 1.66. The van der Waals surface area contributed by atoms with Gasteiger partial charge in [0.15, 0.2) is 0 Å². The third kappa shape index (κ3) is 2.72. The first-order valence-electron chi connectivity index (χ1n) is 8.57. The van der Waals surface area contributed by atoms with Crippen LogP contribution in [0.15, 0.2) is 4.79 Å². The zero-order chi connectivity index (χ0) is 14.9. The van der Waals surface area contributed by atoms with Gasteiger partial charge in [-0.2, -0.15) is 0 Å². The van der Waals surface area contributed by atoms with Crippen LogP contribution in [0.25, 0.3) is 10.2 Å². The van der Waals surface area contributed by atoms with Gasteiger partial charge in [0.25, 0.3) is 5.56 Å². The Bertz CT molecular complexity index is 725. The number of aryl methyl sites for hydroxylation is 2. The van der Waals surface area contributed by atoms with E-state index in [2.05, 4.69) is 9.88 Å². The van der Waals surface area contributed by atoms with E-state index in [0.717, 1.165) is 48.5 Å². The highest BCUT2D eigenvalue weighted by molar-refractivity contribution is 7.18. The second kappa shape index (κ2) is 6.13. The largest absolute Gasteiger partial charge is 0.309 e. The van der Waals surface area contributed by atoms with Crippen LogP contribution in [0.3, 0.4) is 0 Å². The van der Waals surface area contributed by atoms with Crippen molar-refractivity contribution in [2.45, 2.75) is 57.9 Å². The number of aromatic nitrogens is 2. The fraction of sp³-hybridized carbons (Fsp3) is 0.647. The van der Waals surface area contributed by atoms with Crippen molar-refractivity contribution in [3.63, 3.8) is 0 Å². The summed E-state index contributed by atoms with van der Waals surface area (Å²) in [7, 11) is 0. The van der Waals surface area contributed by atoms with Gasteiger partial charge in [-0.15, -0.1) is 11.3 Å². The highest BCUT2D eigenvalue weighted by Gasteiger charge is 2.20. The molecule has 2 aromatic rings. The first kappa shape index (κ1) is 14.4. The first-order chi connectivity index (χ1) is 10.8. The van der Waals surface area contributed by atoms with Crippen LogP contribution >= 0.6 is 11.3 Å². The van der Waals surface area contributed by atoms with Crippen molar-refractivity contribution >= 4 is 21.6 Å². The van der Waals surface area contributed by atoms with Gasteiger partial charge in [0.1, 0.15) is 10.7 Å². The molecule has 5 heteroatoms. The molecule has 1 N–H and O–H groups in total. The summed E-state index contributed by atoms with van der Waals surface area (Å²) < 4.78 is 0. The lowest BCUT2D eigenvalue weighted by molar-refractivity contribution is 0.270. The summed E-state index contributed by atoms with van der Waals surface area (Å²) in [5, 5.41) is 0.874. The topological polar surface area (TPSA) is 49.0 Å². The van der Waals surface area contributed by atoms with Crippen LogP contribution in [0, 0.1) is 0 Å². The summed E-state index contributed by atoms with van der Waals surface area (Å²) in [4.78, 5) is 25.2. The number of H-pyrrole nitrogens is 1. The van der Waals surface area contributed by atoms with E-state index in [-0.39, 0.29) is 5.56 Å². The Morgan fingerprint density at radius 2 is 1.82 bits per heavy atom. The van der Waals surface area contributed by atoms with Crippen molar-refractivity contribution in [1.82, 2.24) is 14.9 Å². The summed E-state index contributed by atoms with van der Waals surface area (Å²) >= 11 is 1.74. The Morgan fingerprint density at radius 3 is 2.64 bits per heavy atom. The fourth-order valence-corrected chi connectivity index (χ4v) is 5.07. The molecule has 0 bridgehead atoms. The number of nitrogens with zero attached hydrogens (tertiary/aromatic N) is 2. The predicted molar refractivity (Wildman–Crippen MR) is 90.6 cm³/mol. The Hall–Kier alpha value is -1.20. The molecule has 22 heavy (non-hydrogen) atoms. The molecule has 1 fully saturated rings. The van der Waals surface area contributed by atoms with Crippen molar-refractivity contribution in [3.05, 3.63) is 26.6 Å². The Morgan fingerprint density at radius 1 is 1.05 bits per heavy atom. The average molecular weight is 317 g/mol. The zero-order valence-electron chi connectivity index (χ0n) is 13.0. The van der Waals surface area contributed by atoms with E-state index in [1.807, 2.05) is 0 Å². The first-order valence-corrected chi connectivity index (χ1v) is 9.39. The molecule has 0 amide bonds. The van der Waals surface area contributed by atoms with E-state index >= 15 is 0 Å². The van der Waals surface area contributed by atoms with Gasteiger partial charge in [0.05, 0.1) is 11.9 Å². The van der Waals surface area contributed by atoms with Crippen molar-refractivity contribution < 1.29 is 0 Å². The summed E-state index contributed by atoms with van der Waals surface area (Å²) in [5.41, 5.74) is 1.36. The van der Waals surface area contributed by atoms with Gasteiger partial charge < -0.3 is 4.98 Å². The minimum absolute atomic E-state index is 0.0780. The molecule has 2 aromatic heterocycles. The highest BCUT2D eigenvalue weighted by Crippen LogP contribution is 2.33. The lowest BCUT2D eigenvalue weighted by Crippen LogP contribution is -2.26. The number of hydrogen-bond acceptors (Lipinski definition) is 4. The van der Waals surface area contributed by atoms with E-state index in [9.17, 15) is 4.79 Å². The second-order valence-electron chi connectivity index (χ2n) is 6.59. The SMILES string of the molecule is O=c1[nH]c(CN2CCCCCC2)nc2sc3c(c12)CCCC3. The summed E-state index contributed by atoms with van der Waals surface area (Å²) in [6, 6.07) is 0. The molecule has 0 unspecified atom stereocenters. The molecule has 0 spiro atoms. The van der Waals surface area contributed by atoms with Gasteiger partial charge in [0.2, 0.25) is 0 Å². The van der Waals surface area contributed by atoms with Crippen LogP contribution in [0.4, 0.5) is 0 Å². The van der Waals surface area contributed by atoms with Crippen LogP contribution in [-0.2, 0) is 19.4 Å². The maximum Gasteiger partial charge on any atom is 0.259 e. The van der Waals surface area contributed by atoms with Crippen LogP contribution in [0.5, 0.6) is 0 Å². The summed E-state index contributed by atoms with van der Waals surface area (Å²) in [6.45, 7) is 3.04. The monoisotopic (exact) mass is 317 g/mol. The van der Waals surface area contributed by atoms with E-state index in [1.54, 1.807) is 11.3 Å². The number of rotatable bonds is 2. The van der Waals surface area contributed by atoms with Gasteiger partial charge >= 0.3 is 0 Å². The Kier molecular flexibility index (Phi) is 4.01. The van der Waals surface area contributed by atoms with E-state index in [1.165, 1.54) is 49.0 Å². The van der Waals surface area contributed by atoms with Gasteiger partial charge in [-0.3, -0.25) is 9.69 Å². The van der Waals surface area contributed by atoms with Crippen molar-refractivity contribution in [2.24, 2.45) is 0 Å². The Labute approximate surface area is 134 Å². The molecule has 1 aliphatic heterocycles. The molecule has 3 heterocycles. The van der Waals surface area contributed by atoms with Crippen molar-refractivity contribution in [2.75, 3.05) is 13.1 Å². The van der Waals surface area contributed by atoms with Crippen molar-refractivity contribution in [3.8, 4) is 0 Å². The number of nitrogens with one attached hydrogen (secondary N) is 1. The normalized spacial score (nSPS) is 20.0. The van der Waals surface area contributed by atoms with Crippen molar-refractivity contribution in [1.29, 1.82) is 0 Å². The average Bonchev–Trinajstić information content (AvgIpc) is 2.69. The van der Waals surface area contributed by atoms with Gasteiger partial charge in [-0.05, 0) is 57.2 Å². The van der Waals surface area contributed by atoms with Gasteiger partial charge in [-0.1, -0.05) is 12.8 Å². The number of fused-ring (bicyclic) bond motifs is 3. The molecule has 4 nitrogen and oxygen atoms in total. The second-order valence-corrected chi connectivity index (χ2v) is 7.68. The third-order valence-corrected chi connectivity index (χ3v) is 6.13. The van der Waals surface area contributed by atoms with E-state index in [4.69, 9.17) is 4.98 Å². The molecule has 4 rings (SSSR count). The smallest absolute Gasteiger partial charge is 0.259 e. The van der Waals surface area contributed by atoms with Crippen LogP contribution < -0.4 is 5.56 Å². The molecule has 0 radical (unpaired) electrons.